The summed E-state index contributed by atoms with van der Waals surface area (Å²) in [6.45, 7) is 0. The van der Waals surface area contributed by atoms with Gasteiger partial charge in [-0.05, 0) is 92.8 Å². The maximum absolute atomic E-state index is 4.29. The van der Waals surface area contributed by atoms with Crippen LogP contribution in [-0.2, 0) is 17.1 Å². The van der Waals surface area contributed by atoms with Crippen LogP contribution in [0.5, 0.6) is 0 Å². The molecule has 13 heteroatoms. The first-order valence-electron chi connectivity index (χ1n) is 17.9. The second-order valence-corrected chi connectivity index (χ2v) is 17.3. The summed E-state index contributed by atoms with van der Waals surface area (Å²) in [5.41, 5.74) is 0. The molecule has 9 aliphatic rings. The molecular weight excluding hydrogens is 1070 g/mol. The van der Waals surface area contributed by atoms with E-state index in [1.54, 1.807) is 0 Å². The Bertz CT molecular complexity index is 972. The molecule has 5 aliphatic heterocycles. The zero-order chi connectivity index (χ0) is 27.1. The van der Waals surface area contributed by atoms with Gasteiger partial charge in [0.05, 0.1) is 49.3 Å². The van der Waals surface area contributed by atoms with Crippen LogP contribution in [0.3, 0.4) is 0 Å². The summed E-state index contributed by atoms with van der Waals surface area (Å²) in [4.78, 5) is 0. The number of hydrogen-bond donors (Lipinski definition) is 8. The zero-order valence-electron chi connectivity index (χ0n) is 26.3. The van der Waals surface area contributed by atoms with Crippen molar-refractivity contribution >= 4 is 94.5 Å². The number of nitrogens with one attached hydrogen (secondary N) is 8. The van der Waals surface area contributed by atoms with E-state index in [1.807, 2.05) is 0 Å². The van der Waals surface area contributed by atoms with Gasteiger partial charge in [0.15, 0.2) is 0 Å². The van der Waals surface area contributed by atoms with Crippen LogP contribution in [0.25, 0.3) is 0 Å². The maximum Gasteiger partial charge on any atom is 0.0638 e. The standard InChI is InChI=1S/C32H55IN8.Cu.3HI/c33-23-15-7-14-22-24(23)32-40-30-21-13-6-5-12-20(21)28(38-30)36-26-17-9-2-1-8-16(17)25(34-26)35-27-18-10-3-4-11-19(18)29(37-27)39-31(22)41-32;;;;/h16-32,34-41H,1-15H2;;3*1H. The van der Waals surface area contributed by atoms with E-state index in [-0.39, 0.29) is 89.0 Å². The Morgan fingerprint density at radius 2 is 0.556 bits per heavy atom. The number of fused-ring (bicyclic) bond motifs is 20. The summed E-state index contributed by atoms with van der Waals surface area (Å²) in [5, 5.41) is 33.9. The van der Waals surface area contributed by atoms with E-state index >= 15 is 0 Å². The number of hydrogen-bond acceptors (Lipinski definition) is 8. The van der Waals surface area contributed by atoms with Gasteiger partial charge in [0, 0.05) is 26.9 Å². The fourth-order valence-electron chi connectivity index (χ4n) is 12.0. The molecule has 4 saturated carbocycles. The van der Waals surface area contributed by atoms with E-state index in [0.717, 1.165) is 39.4 Å². The Balaban J connectivity index is 0.00000100. The molecule has 9 rings (SSSR count). The molecule has 0 aromatic carbocycles. The molecule has 8 nitrogen and oxygen atoms in total. The molecule has 5 saturated heterocycles. The smallest absolute Gasteiger partial charge is 0.0638 e. The van der Waals surface area contributed by atoms with Crippen molar-refractivity contribution in [3.63, 3.8) is 0 Å². The molecule has 17 unspecified atom stereocenters. The maximum atomic E-state index is 4.29. The summed E-state index contributed by atoms with van der Waals surface area (Å²) in [6, 6.07) is 0. The van der Waals surface area contributed by atoms with Gasteiger partial charge in [-0.2, -0.15) is 0 Å². The Kier molecular flexibility index (Phi) is 14.7. The average molecular weight is 1130 g/mol. The summed E-state index contributed by atoms with van der Waals surface area (Å²) in [6.07, 6.45) is 24.0. The summed E-state index contributed by atoms with van der Waals surface area (Å²) in [5.74, 6) is 5.85. The predicted octanol–water partition coefficient (Wildman–Crippen LogP) is 4.87. The summed E-state index contributed by atoms with van der Waals surface area (Å²) < 4.78 is 0.749. The van der Waals surface area contributed by atoms with Crippen molar-refractivity contribution < 1.29 is 17.1 Å². The van der Waals surface area contributed by atoms with Gasteiger partial charge in [-0.25, -0.2) is 0 Å². The predicted molar refractivity (Wildman–Crippen MR) is 217 cm³/mol. The summed E-state index contributed by atoms with van der Waals surface area (Å²) >= 11 is 2.81. The van der Waals surface area contributed by atoms with Crippen LogP contribution in [0.1, 0.15) is 96.3 Å². The minimum absolute atomic E-state index is 0. The van der Waals surface area contributed by atoms with Gasteiger partial charge in [0.1, 0.15) is 0 Å². The van der Waals surface area contributed by atoms with Crippen LogP contribution in [0.4, 0.5) is 0 Å². The van der Waals surface area contributed by atoms with Gasteiger partial charge in [-0.1, -0.05) is 67.5 Å². The van der Waals surface area contributed by atoms with Crippen molar-refractivity contribution in [2.75, 3.05) is 0 Å². The number of halogens is 4. The van der Waals surface area contributed by atoms with Crippen molar-refractivity contribution in [2.45, 2.75) is 150 Å². The van der Waals surface area contributed by atoms with E-state index in [1.165, 1.54) is 96.3 Å². The Labute approximate surface area is 347 Å². The van der Waals surface area contributed by atoms with Crippen molar-refractivity contribution in [3.05, 3.63) is 0 Å². The zero-order valence-corrected chi connectivity index (χ0v) is 36.4. The third kappa shape index (κ3) is 7.37. The third-order valence-corrected chi connectivity index (χ3v) is 15.3. The van der Waals surface area contributed by atoms with E-state index < -0.39 is 0 Å². The molecule has 0 amide bonds. The molecule has 0 aromatic heterocycles. The minimum Gasteiger partial charge on any atom is -0.286 e. The molecule has 45 heavy (non-hydrogen) atoms. The summed E-state index contributed by atoms with van der Waals surface area (Å²) in [7, 11) is 0. The SMILES string of the molecule is I.I.I.IC1CCCC2C3NC4NC(NC5NC(NC6NC(NC(N3)C12)C1CCCCC61)C1CCCCC51)C1CCCCC41.[Cu]. The molecule has 1 radical (unpaired) electrons. The number of rotatable bonds is 0. The Morgan fingerprint density at radius 1 is 0.311 bits per heavy atom. The van der Waals surface area contributed by atoms with Crippen molar-refractivity contribution in [2.24, 2.45) is 47.3 Å². The van der Waals surface area contributed by atoms with Gasteiger partial charge in [-0.3, -0.25) is 42.5 Å². The van der Waals surface area contributed by atoms with Gasteiger partial charge in [-0.15, -0.1) is 71.9 Å². The topological polar surface area (TPSA) is 96.2 Å². The molecule has 17 atom stereocenters. The van der Waals surface area contributed by atoms with Crippen LogP contribution in [0, 0.1) is 47.3 Å². The first kappa shape index (κ1) is 39.3. The van der Waals surface area contributed by atoms with Crippen LogP contribution in [-0.4, -0.2) is 53.3 Å². The van der Waals surface area contributed by atoms with Gasteiger partial charge in [0.2, 0.25) is 0 Å². The minimum atomic E-state index is 0. The Hall–Kier alpha value is 3.12. The fraction of sp³-hybridized carbons (Fsp3) is 1.00. The van der Waals surface area contributed by atoms with Crippen molar-refractivity contribution in [1.82, 2.24) is 42.5 Å². The molecule has 0 aromatic rings. The first-order chi connectivity index (χ1) is 20.2. The van der Waals surface area contributed by atoms with E-state index in [2.05, 4.69) is 65.1 Å². The Morgan fingerprint density at radius 3 is 0.867 bits per heavy atom. The normalized spacial score (nSPS) is 53.1. The molecule has 9 fully saturated rings. The fourth-order valence-corrected chi connectivity index (χ4v) is 13.4. The van der Waals surface area contributed by atoms with Crippen molar-refractivity contribution in [1.29, 1.82) is 0 Å². The second kappa shape index (κ2) is 16.9. The molecule has 265 valence electrons. The van der Waals surface area contributed by atoms with E-state index in [9.17, 15) is 0 Å². The van der Waals surface area contributed by atoms with E-state index in [4.69, 9.17) is 0 Å². The largest absolute Gasteiger partial charge is 0.286 e. The van der Waals surface area contributed by atoms with Gasteiger partial charge in [0.25, 0.3) is 0 Å². The molecular formula is C32H58CuI4N8. The molecule has 4 aliphatic carbocycles. The van der Waals surface area contributed by atoms with Crippen molar-refractivity contribution in [3.8, 4) is 0 Å². The third-order valence-electron chi connectivity index (χ3n) is 13.8. The van der Waals surface area contributed by atoms with Gasteiger partial charge < -0.3 is 0 Å². The molecule has 8 bridgehead atoms. The van der Waals surface area contributed by atoms with E-state index in [0.29, 0.717) is 61.2 Å². The molecule has 8 N–H and O–H groups in total. The van der Waals surface area contributed by atoms with Gasteiger partial charge >= 0.3 is 0 Å². The van der Waals surface area contributed by atoms with Crippen LogP contribution in [0.15, 0.2) is 0 Å². The monoisotopic (exact) mass is 1130 g/mol. The second-order valence-electron chi connectivity index (χ2n) is 15.7. The average Bonchev–Trinajstić information content (AvgIpc) is 3.73. The quantitative estimate of drug-likeness (QED) is 0.0992. The number of alkyl halides is 1. The van der Waals surface area contributed by atoms with Crippen LogP contribution in [0.2, 0.25) is 0 Å². The molecule has 0 spiro atoms. The van der Waals surface area contributed by atoms with Crippen LogP contribution >= 0.6 is 94.5 Å². The molecule has 5 heterocycles. The van der Waals surface area contributed by atoms with Crippen LogP contribution < -0.4 is 42.5 Å². The first-order valence-corrected chi connectivity index (χ1v) is 19.2.